The summed E-state index contributed by atoms with van der Waals surface area (Å²) < 4.78 is 0. The Kier molecular flexibility index (Phi) is 5.26. The highest BCUT2D eigenvalue weighted by Gasteiger charge is 2.09. The molecule has 2 N–H and O–H groups in total. The van der Waals surface area contributed by atoms with Crippen molar-refractivity contribution in [3.63, 3.8) is 0 Å². The summed E-state index contributed by atoms with van der Waals surface area (Å²) in [5.74, 6) is 0.860. The number of amides is 1. The van der Waals surface area contributed by atoms with Crippen LogP contribution in [-0.2, 0) is 0 Å². The van der Waals surface area contributed by atoms with E-state index in [4.69, 9.17) is 0 Å². The van der Waals surface area contributed by atoms with Gasteiger partial charge in [0.15, 0.2) is 0 Å². The Labute approximate surface area is 124 Å². The molecule has 0 aliphatic rings. The van der Waals surface area contributed by atoms with Gasteiger partial charge in [-0.15, -0.1) is 0 Å². The van der Waals surface area contributed by atoms with E-state index in [2.05, 4.69) is 39.7 Å². The highest BCUT2D eigenvalue weighted by molar-refractivity contribution is 5.91. The van der Waals surface area contributed by atoms with Crippen molar-refractivity contribution < 1.29 is 4.79 Å². The van der Waals surface area contributed by atoms with Crippen molar-refractivity contribution in [2.45, 2.75) is 19.3 Å². The number of aromatic nitrogens is 2. The first kappa shape index (κ1) is 15.0. The van der Waals surface area contributed by atoms with Gasteiger partial charge in [-0.05, 0) is 17.9 Å². The van der Waals surface area contributed by atoms with Crippen LogP contribution < -0.4 is 10.6 Å². The average Bonchev–Trinajstić information content (AvgIpc) is 2.55. The Hall–Kier alpha value is -2.43. The van der Waals surface area contributed by atoms with E-state index in [9.17, 15) is 4.79 Å². The second kappa shape index (κ2) is 7.38. The lowest BCUT2D eigenvalue weighted by molar-refractivity contribution is 0.0947. The SMILES string of the molecule is CNc1cnc(C(=O)NCCC(C)c2ccccc2)cn1. The molecule has 1 heterocycles. The van der Waals surface area contributed by atoms with E-state index < -0.39 is 0 Å². The third-order valence-corrected chi connectivity index (χ3v) is 3.37. The lowest BCUT2D eigenvalue weighted by Crippen LogP contribution is -2.26. The molecule has 5 heteroatoms. The lowest BCUT2D eigenvalue weighted by Gasteiger charge is -2.12. The number of nitrogens with zero attached hydrogens (tertiary/aromatic N) is 2. The predicted molar refractivity (Wildman–Crippen MR) is 83.4 cm³/mol. The lowest BCUT2D eigenvalue weighted by atomic mass is 9.98. The second-order valence-corrected chi connectivity index (χ2v) is 4.89. The largest absolute Gasteiger partial charge is 0.372 e. The summed E-state index contributed by atoms with van der Waals surface area (Å²) in [6, 6.07) is 10.3. The molecular weight excluding hydrogens is 264 g/mol. The minimum Gasteiger partial charge on any atom is -0.372 e. The summed E-state index contributed by atoms with van der Waals surface area (Å²) in [7, 11) is 1.76. The van der Waals surface area contributed by atoms with Gasteiger partial charge in [0.1, 0.15) is 11.5 Å². The van der Waals surface area contributed by atoms with E-state index in [0.29, 0.717) is 24.0 Å². The van der Waals surface area contributed by atoms with E-state index in [1.165, 1.54) is 11.8 Å². The van der Waals surface area contributed by atoms with Gasteiger partial charge in [0, 0.05) is 13.6 Å². The van der Waals surface area contributed by atoms with Gasteiger partial charge in [-0.25, -0.2) is 9.97 Å². The normalized spacial score (nSPS) is 11.7. The van der Waals surface area contributed by atoms with Crippen molar-refractivity contribution in [3.05, 3.63) is 54.0 Å². The molecule has 0 saturated carbocycles. The fourth-order valence-electron chi connectivity index (χ4n) is 2.02. The topological polar surface area (TPSA) is 66.9 Å². The van der Waals surface area contributed by atoms with Crippen LogP contribution in [0.5, 0.6) is 0 Å². The minimum atomic E-state index is -0.189. The molecule has 5 nitrogen and oxygen atoms in total. The zero-order chi connectivity index (χ0) is 15.1. The molecule has 2 aromatic rings. The van der Waals surface area contributed by atoms with Crippen LogP contribution in [0.4, 0.5) is 5.82 Å². The minimum absolute atomic E-state index is 0.189. The third-order valence-electron chi connectivity index (χ3n) is 3.37. The van der Waals surface area contributed by atoms with Crippen LogP contribution in [-0.4, -0.2) is 29.5 Å². The maximum Gasteiger partial charge on any atom is 0.271 e. The van der Waals surface area contributed by atoms with Crippen molar-refractivity contribution in [2.75, 3.05) is 18.9 Å². The molecule has 0 saturated heterocycles. The summed E-state index contributed by atoms with van der Waals surface area (Å²) in [4.78, 5) is 20.1. The molecule has 0 fully saturated rings. The number of rotatable bonds is 6. The summed E-state index contributed by atoms with van der Waals surface area (Å²) in [6.07, 6.45) is 3.90. The molecule has 1 amide bonds. The van der Waals surface area contributed by atoms with Crippen molar-refractivity contribution >= 4 is 11.7 Å². The van der Waals surface area contributed by atoms with Gasteiger partial charge < -0.3 is 10.6 Å². The molecule has 110 valence electrons. The van der Waals surface area contributed by atoms with Crippen LogP contribution in [0.3, 0.4) is 0 Å². The van der Waals surface area contributed by atoms with E-state index in [-0.39, 0.29) is 5.91 Å². The van der Waals surface area contributed by atoms with E-state index >= 15 is 0 Å². The van der Waals surface area contributed by atoms with Gasteiger partial charge in [0.05, 0.1) is 12.4 Å². The molecule has 0 bridgehead atoms. The smallest absolute Gasteiger partial charge is 0.271 e. The van der Waals surface area contributed by atoms with Crippen LogP contribution >= 0.6 is 0 Å². The first-order valence-electron chi connectivity index (χ1n) is 7.03. The first-order chi connectivity index (χ1) is 10.2. The molecule has 21 heavy (non-hydrogen) atoms. The molecule has 1 unspecified atom stereocenters. The molecule has 0 spiro atoms. The predicted octanol–water partition coefficient (Wildman–Crippen LogP) is 2.44. The Bertz CT molecular complexity index is 569. The van der Waals surface area contributed by atoms with Gasteiger partial charge in [0.25, 0.3) is 5.91 Å². The van der Waals surface area contributed by atoms with Crippen molar-refractivity contribution in [1.29, 1.82) is 0 Å². The number of hydrogen-bond donors (Lipinski definition) is 2. The van der Waals surface area contributed by atoms with Crippen LogP contribution in [0, 0.1) is 0 Å². The average molecular weight is 284 g/mol. The zero-order valence-electron chi connectivity index (χ0n) is 12.3. The molecule has 0 aliphatic heterocycles. The van der Waals surface area contributed by atoms with Crippen LogP contribution in [0.2, 0.25) is 0 Å². The summed E-state index contributed by atoms with van der Waals surface area (Å²) in [5, 5.41) is 5.74. The van der Waals surface area contributed by atoms with Gasteiger partial charge >= 0.3 is 0 Å². The Morgan fingerprint density at radius 2 is 1.95 bits per heavy atom. The first-order valence-corrected chi connectivity index (χ1v) is 7.03. The fraction of sp³-hybridized carbons (Fsp3) is 0.312. The standard InChI is InChI=1S/C16H20N4O/c1-12(13-6-4-3-5-7-13)8-9-18-16(21)14-10-20-15(17-2)11-19-14/h3-7,10-12H,8-9H2,1-2H3,(H,17,20)(H,18,21). The second-order valence-electron chi connectivity index (χ2n) is 4.89. The Morgan fingerprint density at radius 1 is 1.19 bits per heavy atom. The number of benzene rings is 1. The molecule has 1 aromatic carbocycles. The number of carbonyl (C=O) groups excluding carboxylic acids is 1. The molecule has 1 aromatic heterocycles. The van der Waals surface area contributed by atoms with Gasteiger partial charge in [-0.3, -0.25) is 4.79 Å². The quantitative estimate of drug-likeness (QED) is 0.855. The molecule has 0 radical (unpaired) electrons. The summed E-state index contributed by atoms with van der Waals surface area (Å²) in [5.41, 5.74) is 1.62. The molecular formula is C16H20N4O. The third kappa shape index (κ3) is 4.27. The fourth-order valence-corrected chi connectivity index (χ4v) is 2.02. The van der Waals surface area contributed by atoms with E-state index in [1.54, 1.807) is 13.2 Å². The molecule has 1 atom stereocenters. The van der Waals surface area contributed by atoms with Crippen molar-refractivity contribution in [3.8, 4) is 0 Å². The number of nitrogens with one attached hydrogen (secondary N) is 2. The highest BCUT2D eigenvalue weighted by Crippen LogP contribution is 2.17. The monoisotopic (exact) mass is 284 g/mol. The van der Waals surface area contributed by atoms with Gasteiger partial charge in [-0.1, -0.05) is 37.3 Å². The van der Waals surface area contributed by atoms with E-state index in [0.717, 1.165) is 6.42 Å². The highest BCUT2D eigenvalue weighted by atomic mass is 16.1. The summed E-state index contributed by atoms with van der Waals surface area (Å²) >= 11 is 0. The van der Waals surface area contributed by atoms with Crippen molar-refractivity contribution in [2.24, 2.45) is 0 Å². The summed E-state index contributed by atoms with van der Waals surface area (Å²) in [6.45, 7) is 2.77. The number of hydrogen-bond acceptors (Lipinski definition) is 4. The maximum absolute atomic E-state index is 11.9. The number of anilines is 1. The van der Waals surface area contributed by atoms with Crippen LogP contribution in [0.15, 0.2) is 42.7 Å². The van der Waals surface area contributed by atoms with E-state index in [1.807, 2.05) is 18.2 Å². The van der Waals surface area contributed by atoms with Crippen LogP contribution in [0.1, 0.15) is 35.3 Å². The molecule has 0 aliphatic carbocycles. The van der Waals surface area contributed by atoms with Gasteiger partial charge in [-0.2, -0.15) is 0 Å². The Balaban J connectivity index is 1.81. The van der Waals surface area contributed by atoms with Gasteiger partial charge in [0.2, 0.25) is 0 Å². The zero-order valence-corrected chi connectivity index (χ0v) is 12.3. The molecule has 2 rings (SSSR count). The maximum atomic E-state index is 11.9. The Morgan fingerprint density at radius 3 is 2.57 bits per heavy atom. The van der Waals surface area contributed by atoms with Crippen LogP contribution in [0.25, 0.3) is 0 Å². The number of carbonyl (C=O) groups is 1. The van der Waals surface area contributed by atoms with Crippen molar-refractivity contribution in [1.82, 2.24) is 15.3 Å².